The predicted octanol–water partition coefficient (Wildman–Crippen LogP) is 3.34. The van der Waals surface area contributed by atoms with Crippen LogP contribution in [-0.2, 0) is 6.54 Å². The molecule has 2 atom stereocenters. The van der Waals surface area contributed by atoms with Gasteiger partial charge in [0, 0.05) is 24.3 Å². The van der Waals surface area contributed by atoms with E-state index in [0.717, 1.165) is 12.2 Å². The molecule has 1 aromatic rings. The standard InChI is InChI=1S/C15H24N2/c1-11-9-14(7-8-15(11)16)10-17-12(2)5-4-6-13(17)3/h7-9,12-13H,4-6,10,16H2,1-3H3/t12-,13+. The van der Waals surface area contributed by atoms with Crippen LogP contribution in [0.4, 0.5) is 5.69 Å². The molecule has 1 heterocycles. The summed E-state index contributed by atoms with van der Waals surface area (Å²) in [4.78, 5) is 2.62. The summed E-state index contributed by atoms with van der Waals surface area (Å²) in [7, 11) is 0. The predicted molar refractivity (Wildman–Crippen MR) is 73.9 cm³/mol. The van der Waals surface area contributed by atoms with Crippen molar-refractivity contribution in [2.75, 3.05) is 5.73 Å². The van der Waals surface area contributed by atoms with E-state index in [-0.39, 0.29) is 0 Å². The number of hydrogen-bond donors (Lipinski definition) is 1. The molecule has 0 radical (unpaired) electrons. The van der Waals surface area contributed by atoms with Gasteiger partial charge in [-0.15, -0.1) is 0 Å². The van der Waals surface area contributed by atoms with Gasteiger partial charge in [-0.25, -0.2) is 0 Å². The van der Waals surface area contributed by atoms with E-state index in [1.54, 1.807) is 0 Å². The first-order chi connectivity index (χ1) is 8.08. The molecule has 94 valence electrons. The number of benzene rings is 1. The zero-order valence-electron chi connectivity index (χ0n) is 11.2. The molecule has 0 bridgehead atoms. The lowest BCUT2D eigenvalue weighted by molar-refractivity contribution is 0.0953. The Balaban J connectivity index is 2.10. The van der Waals surface area contributed by atoms with Gasteiger partial charge in [-0.05, 0) is 50.8 Å². The topological polar surface area (TPSA) is 29.3 Å². The van der Waals surface area contributed by atoms with Crippen LogP contribution in [-0.4, -0.2) is 17.0 Å². The number of nitrogens with two attached hydrogens (primary N) is 1. The Bertz CT molecular complexity index is 377. The average Bonchev–Trinajstić information content (AvgIpc) is 2.28. The molecule has 1 aliphatic heterocycles. The largest absolute Gasteiger partial charge is 0.399 e. The number of anilines is 1. The fourth-order valence-electron chi connectivity index (χ4n) is 2.83. The highest BCUT2D eigenvalue weighted by atomic mass is 15.2. The van der Waals surface area contributed by atoms with Crippen molar-refractivity contribution >= 4 is 5.69 Å². The van der Waals surface area contributed by atoms with Crippen LogP contribution in [0.1, 0.15) is 44.2 Å². The molecule has 2 N–H and O–H groups in total. The molecule has 0 spiro atoms. The fraction of sp³-hybridized carbons (Fsp3) is 0.600. The van der Waals surface area contributed by atoms with E-state index >= 15 is 0 Å². The second-order valence-corrected chi connectivity index (χ2v) is 5.49. The van der Waals surface area contributed by atoms with E-state index in [2.05, 4.69) is 37.8 Å². The Morgan fingerprint density at radius 2 is 1.88 bits per heavy atom. The van der Waals surface area contributed by atoms with Crippen molar-refractivity contribution in [2.24, 2.45) is 0 Å². The monoisotopic (exact) mass is 232 g/mol. The maximum absolute atomic E-state index is 5.86. The zero-order chi connectivity index (χ0) is 12.4. The lowest BCUT2D eigenvalue weighted by Crippen LogP contribution is -2.42. The van der Waals surface area contributed by atoms with E-state index in [1.165, 1.54) is 30.4 Å². The summed E-state index contributed by atoms with van der Waals surface area (Å²) in [5.41, 5.74) is 9.34. The smallest absolute Gasteiger partial charge is 0.0343 e. The summed E-state index contributed by atoms with van der Waals surface area (Å²) in [6.07, 6.45) is 4.04. The first-order valence-corrected chi connectivity index (χ1v) is 6.68. The third-order valence-electron chi connectivity index (χ3n) is 4.08. The van der Waals surface area contributed by atoms with Crippen LogP contribution < -0.4 is 5.73 Å². The molecule has 1 fully saturated rings. The van der Waals surface area contributed by atoms with E-state index in [9.17, 15) is 0 Å². The van der Waals surface area contributed by atoms with Crippen molar-refractivity contribution in [1.29, 1.82) is 0 Å². The quantitative estimate of drug-likeness (QED) is 0.792. The zero-order valence-corrected chi connectivity index (χ0v) is 11.2. The van der Waals surface area contributed by atoms with Gasteiger partial charge in [0.1, 0.15) is 0 Å². The fourth-order valence-corrected chi connectivity index (χ4v) is 2.83. The van der Waals surface area contributed by atoms with E-state index < -0.39 is 0 Å². The van der Waals surface area contributed by atoms with E-state index in [1.807, 2.05) is 6.07 Å². The summed E-state index contributed by atoms with van der Waals surface area (Å²) in [6, 6.07) is 7.83. The van der Waals surface area contributed by atoms with Gasteiger partial charge < -0.3 is 5.73 Å². The Hall–Kier alpha value is -1.02. The summed E-state index contributed by atoms with van der Waals surface area (Å²) < 4.78 is 0. The third kappa shape index (κ3) is 2.81. The maximum atomic E-state index is 5.86. The van der Waals surface area contributed by atoms with Crippen molar-refractivity contribution in [2.45, 2.75) is 58.7 Å². The van der Waals surface area contributed by atoms with Gasteiger partial charge in [-0.1, -0.05) is 18.6 Å². The van der Waals surface area contributed by atoms with Gasteiger partial charge in [-0.2, -0.15) is 0 Å². The van der Waals surface area contributed by atoms with Gasteiger partial charge in [0.25, 0.3) is 0 Å². The number of hydrogen-bond acceptors (Lipinski definition) is 2. The minimum atomic E-state index is 0.705. The lowest BCUT2D eigenvalue weighted by Gasteiger charge is -2.39. The van der Waals surface area contributed by atoms with Crippen molar-refractivity contribution in [3.05, 3.63) is 29.3 Å². The van der Waals surface area contributed by atoms with E-state index in [4.69, 9.17) is 5.73 Å². The Kier molecular flexibility index (Phi) is 3.72. The minimum absolute atomic E-state index is 0.705. The van der Waals surface area contributed by atoms with Crippen LogP contribution in [0.15, 0.2) is 18.2 Å². The molecule has 0 saturated carbocycles. The number of nitrogens with zero attached hydrogens (tertiary/aromatic N) is 1. The molecular formula is C15H24N2. The second-order valence-electron chi connectivity index (χ2n) is 5.49. The molecular weight excluding hydrogens is 208 g/mol. The molecule has 0 unspecified atom stereocenters. The van der Waals surface area contributed by atoms with Gasteiger partial charge >= 0.3 is 0 Å². The molecule has 0 aliphatic carbocycles. The molecule has 2 heteroatoms. The van der Waals surface area contributed by atoms with Crippen molar-refractivity contribution in [3.8, 4) is 0 Å². The number of nitrogen functional groups attached to an aromatic ring is 1. The SMILES string of the molecule is Cc1cc(CN2[C@H](C)CCC[C@@H]2C)ccc1N. The Morgan fingerprint density at radius 3 is 2.47 bits per heavy atom. The van der Waals surface area contributed by atoms with Crippen molar-refractivity contribution < 1.29 is 0 Å². The van der Waals surface area contributed by atoms with Crippen LogP contribution in [0.5, 0.6) is 0 Å². The lowest BCUT2D eigenvalue weighted by atomic mass is 9.96. The number of likely N-dealkylation sites (tertiary alicyclic amines) is 1. The number of piperidine rings is 1. The van der Waals surface area contributed by atoms with Crippen molar-refractivity contribution in [1.82, 2.24) is 4.90 Å². The van der Waals surface area contributed by atoms with Crippen LogP contribution in [0.2, 0.25) is 0 Å². The molecule has 1 aliphatic rings. The molecule has 2 nitrogen and oxygen atoms in total. The summed E-state index contributed by atoms with van der Waals surface area (Å²) in [6.45, 7) is 7.84. The molecule has 1 saturated heterocycles. The highest BCUT2D eigenvalue weighted by Crippen LogP contribution is 2.25. The van der Waals surface area contributed by atoms with Gasteiger partial charge in [-0.3, -0.25) is 4.90 Å². The van der Waals surface area contributed by atoms with Crippen molar-refractivity contribution in [3.63, 3.8) is 0 Å². The molecule has 1 aromatic carbocycles. The van der Waals surface area contributed by atoms with E-state index in [0.29, 0.717) is 12.1 Å². The number of aryl methyl sites for hydroxylation is 1. The Labute approximate surface area is 105 Å². The highest BCUT2D eigenvalue weighted by molar-refractivity contribution is 5.47. The molecule has 17 heavy (non-hydrogen) atoms. The average molecular weight is 232 g/mol. The van der Waals surface area contributed by atoms with Gasteiger partial charge in [0.05, 0.1) is 0 Å². The van der Waals surface area contributed by atoms with Crippen LogP contribution in [0.3, 0.4) is 0 Å². The summed E-state index contributed by atoms with van der Waals surface area (Å²) >= 11 is 0. The maximum Gasteiger partial charge on any atom is 0.0343 e. The highest BCUT2D eigenvalue weighted by Gasteiger charge is 2.24. The van der Waals surface area contributed by atoms with Gasteiger partial charge in [0.2, 0.25) is 0 Å². The molecule has 0 amide bonds. The third-order valence-corrected chi connectivity index (χ3v) is 4.08. The minimum Gasteiger partial charge on any atom is -0.399 e. The van der Waals surface area contributed by atoms with Crippen LogP contribution in [0, 0.1) is 6.92 Å². The Morgan fingerprint density at radius 1 is 1.24 bits per heavy atom. The first kappa shape index (κ1) is 12.4. The first-order valence-electron chi connectivity index (χ1n) is 6.68. The molecule has 0 aromatic heterocycles. The van der Waals surface area contributed by atoms with Crippen LogP contribution >= 0.6 is 0 Å². The second kappa shape index (κ2) is 5.09. The summed E-state index contributed by atoms with van der Waals surface area (Å²) in [5, 5.41) is 0. The molecule has 2 rings (SSSR count). The summed E-state index contributed by atoms with van der Waals surface area (Å²) in [5.74, 6) is 0. The van der Waals surface area contributed by atoms with Gasteiger partial charge in [0.15, 0.2) is 0 Å². The van der Waals surface area contributed by atoms with Crippen LogP contribution in [0.25, 0.3) is 0 Å². The number of rotatable bonds is 2. The normalized spacial score (nSPS) is 26.1.